The number of carbonyl (C=O) groups is 1. The average Bonchev–Trinajstić information content (AvgIpc) is 3.02. The van der Waals surface area contributed by atoms with Gasteiger partial charge in [0.15, 0.2) is 0 Å². The lowest BCUT2D eigenvalue weighted by Crippen LogP contribution is -2.22. The normalized spacial score (nSPS) is 15.3. The molecule has 3 rings (SSSR count). The Kier molecular flexibility index (Phi) is 4.34. The molecule has 0 N–H and O–H groups in total. The third-order valence-corrected chi connectivity index (χ3v) is 4.09. The van der Waals surface area contributed by atoms with E-state index in [2.05, 4.69) is 0 Å². The molecule has 1 aliphatic rings. The van der Waals surface area contributed by atoms with E-state index in [0.29, 0.717) is 0 Å². The van der Waals surface area contributed by atoms with Gasteiger partial charge in [-0.2, -0.15) is 0 Å². The fourth-order valence-electron chi connectivity index (χ4n) is 2.99. The van der Waals surface area contributed by atoms with Gasteiger partial charge in [0.2, 0.25) is 0 Å². The first-order valence-electron chi connectivity index (χ1n) is 7.65. The Morgan fingerprint density at radius 3 is 1.81 bits per heavy atom. The number of hydrogen-bond acceptors (Lipinski definition) is 2. The third-order valence-electron chi connectivity index (χ3n) is 4.09. The van der Waals surface area contributed by atoms with Gasteiger partial charge in [-0.15, -0.1) is 0 Å². The van der Waals surface area contributed by atoms with Gasteiger partial charge >= 0.3 is 5.97 Å². The summed E-state index contributed by atoms with van der Waals surface area (Å²) in [5, 5.41) is 0. The molecule has 108 valence electrons. The summed E-state index contributed by atoms with van der Waals surface area (Å²) < 4.78 is 5.74. The Morgan fingerprint density at radius 2 is 1.33 bits per heavy atom. The minimum Gasteiger partial charge on any atom is -0.462 e. The molecule has 21 heavy (non-hydrogen) atoms. The predicted molar refractivity (Wildman–Crippen MR) is 83.1 cm³/mol. The van der Waals surface area contributed by atoms with Crippen LogP contribution in [0.3, 0.4) is 0 Å². The molecule has 1 fully saturated rings. The number of ether oxygens (including phenoxy) is 1. The number of hydrogen-bond donors (Lipinski definition) is 0. The summed E-state index contributed by atoms with van der Waals surface area (Å²) in [6, 6.07) is 19.8. The molecule has 0 aromatic heterocycles. The highest BCUT2D eigenvalue weighted by Crippen LogP contribution is 2.29. The summed E-state index contributed by atoms with van der Waals surface area (Å²) >= 11 is 0. The van der Waals surface area contributed by atoms with Crippen LogP contribution in [0.4, 0.5) is 0 Å². The SMILES string of the molecule is O=C(OC1CCCC1)C(c1ccccc1)c1ccccc1. The molecular formula is C19H20O2. The van der Waals surface area contributed by atoms with E-state index in [1.165, 1.54) is 12.8 Å². The van der Waals surface area contributed by atoms with E-state index in [1.807, 2.05) is 60.7 Å². The summed E-state index contributed by atoms with van der Waals surface area (Å²) in [5.74, 6) is -0.452. The number of esters is 1. The van der Waals surface area contributed by atoms with E-state index in [4.69, 9.17) is 4.74 Å². The van der Waals surface area contributed by atoms with Crippen LogP contribution in [0.5, 0.6) is 0 Å². The van der Waals surface area contributed by atoms with E-state index in [1.54, 1.807) is 0 Å². The molecular weight excluding hydrogens is 260 g/mol. The molecule has 2 aromatic rings. The van der Waals surface area contributed by atoms with E-state index in [9.17, 15) is 4.79 Å². The highest BCUT2D eigenvalue weighted by Gasteiger charge is 2.27. The molecule has 1 saturated carbocycles. The van der Waals surface area contributed by atoms with Gasteiger partial charge in [-0.05, 0) is 36.8 Å². The Bertz CT molecular complexity index is 532. The summed E-state index contributed by atoms with van der Waals surface area (Å²) in [6.45, 7) is 0. The third kappa shape index (κ3) is 3.33. The van der Waals surface area contributed by atoms with Crippen molar-refractivity contribution in [2.24, 2.45) is 0 Å². The Morgan fingerprint density at radius 1 is 0.857 bits per heavy atom. The molecule has 1 aliphatic carbocycles. The van der Waals surface area contributed by atoms with Crippen LogP contribution in [0, 0.1) is 0 Å². The first kappa shape index (κ1) is 13.9. The maximum absolute atomic E-state index is 12.7. The van der Waals surface area contributed by atoms with Crippen LogP contribution in [0.25, 0.3) is 0 Å². The molecule has 2 aromatic carbocycles. The summed E-state index contributed by atoms with van der Waals surface area (Å²) in [5.41, 5.74) is 1.98. The van der Waals surface area contributed by atoms with Crippen molar-refractivity contribution in [2.45, 2.75) is 37.7 Å². The van der Waals surface area contributed by atoms with Gasteiger partial charge in [0.1, 0.15) is 12.0 Å². The van der Waals surface area contributed by atoms with Gasteiger partial charge in [-0.25, -0.2) is 0 Å². The van der Waals surface area contributed by atoms with Gasteiger partial charge < -0.3 is 4.74 Å². The summed E-state index contributed by atoms with van der Waals surface area (Å²) in [4.78, 5) is 12.7. The zero-order valence-electron chi connectivity index (χ0n) is 12.1. The smallest absolute Gasteiger partial charge is 0.318 e. The van der Waals surface area contributed by atoms with Crippen LogP contribution in [0.15, 0.2) is 60.7 Å². The summed E-state index contributed by atoms with van der Waals surface area (Å²) in [6.07, 6.45) is 4.44. The van der Waals surface area contributed by atoms with E-state index in [0.717, 1.165) is 24.0 Å². The second-order valence-electron chi connectivity index (χ2n) is 5.60. The molecule has 0 saturated heterocycles. The zero-order chi connectivity index (χ0) is 14.5. The highest BCUT2D eigenvalue weighted by atomic mass is 16.5. The lowest BCUT2D eigenvalue weighted by atomic mass is 9.91. The Labute approximate surface area is 125 Å². The molecule has 0 atom stereocenters. The maximum atomic E-state index is 12.7. The lowest BCUT2D eigenvalue weighted by molar-refractivity contribution is -0.149. The molecule has 2 nitrogen and oxygen atoms in total. The van der Waals surface area contributed by atoms with Crippen molar-refractivity contribution in [1.82, 2.24) is 0 Å². The fraction of sp³-hybridized carbons (Fsp3) is 0.316. The van der Waals surface area contributed by atoms with Gasteiger partial charge in [0, 0.05) is 0 Å². The Balaban J connectivity index is 1.87. The second kappa shape index (κ2) is 6.57. The number of carbonyl (C=O) groups excluding carboxylic acids is 1. The molecule has 0 unspecified atom stereocenters. The van der Waals surface area contributed by atoms with Crippen LogP contribution < -0.4 is 0 Å². The molecule has 0 heterocycles. The minimum atomic E-state index is -0.326. The van der Waals surface area contributed by atoms with Crippen molar-refractivity contribution in [3.05, 3.63) is 71.8 Å². The molecule has 0 bridgehead atoms. The standard InChI is InChI=1S/C19H20O2/c20-19(21-17-13-7-8-14-17)18(15-9-3-1-4-10-15)16-11-5-2-6-12-16/h1-6,9-12,17-18H,7-8,13-14H2. The Hall–Kier alpha value is -2.09. The predicted octanol–water partition coefficient (Wildman–Crippen LogP) is 4.30. The molecule has 2 heteroatoms. The van der Waals surface area contributed by atoms with Gasteiger partial charge in [-0.1, -0.05) is 60.7 Å². The molecule has 0 radical (unpaired) electrons. The maximum Gasteiger partial charge on any atom is 0.318 e. The minimum absolute atomic E-state index is 0.104. The van der Waals surface area contributed by atoms with Gasteiger partial charge in [0.25, 0.3) is 0 Å². The lowest BCUT2D eigenvalue weighted by Gasteiger charge is -2.20. The topological polar surface area (TPSA) is 26.3 Å². The first-order chi connectivity index (χ1) is 10.3. The molecule has 0 spiro atoms. The quantitative estimate of drug-likeness (QED) is 0.780. The van der Waals surface area contributed by atoms with Crippen molar-refractivity contribution in [1.29, 1.82) is 0 Å². The second-order valence-corrected chi connectivity index (χ2v) is 5.60. The molecule has 0 aliphatic heterocycles. The van der Waals surface area contributed by atoms with Crippen molar-refractivity contribution < 1.29 is 9.53 Å². The summed E-state index contributed by atoms with van der Waals surface area (Å²) in [7, 11) is 0. The molecule has 0 amide bonds. The van der Waals surface area contributed by atoms with Crippen LogP contribution in [-0.2, 0) is 9.53 Å². The fourth-order valence-corrected chi connectivity index (χ4v) is 2.99. The van der Waals surface area contributed by atoms with Crippen LogP contribution in [0.2, 0.25) is 0 Å². The van der Waals surface area contributed by atoms with Crippen molar-refractivity contribution >= 4 is 5.97 Å². The van der Waals surface area contributed by atoms with Crippen molar-refractivity contribution in [3.63, 3.8) is 0 Å². The van der Waals surface area contributed by atoms with E-state index >= 15 is 0 Å². The largest absolute Gasteiger partial charge is 0.462 e. The van der Waals surface area contributed by atoms with Crippen LogP contribution >= 0.6 is 0 Å². The highest BCUT2D eigenvalue weighted by molar-refractivity contribution is 5.82. The van der Waals surface area contributed by atoms with Gasteiger partial charge in [-0.3, -0.25) is 4.79 Å². The number of benzene rings is 2. The van der Waals surface area contributed by atoms with E-state index < -0.39 is 0 Å². The first-order valence-corrected chi connectivity index (χ1v) is 7.65. The van der Waals surface area contributed by atoms with Crippen LogP contribution in [-0.4, -0.2) is 12.1 Å². The van der Waals surface area contributed by atoms with Crippen LogP contribution in [0.1, 0.15) is 42.7 Å². The van der Waals surface area contributed by atoms with E-state index in [-0.39, 0.29) is 18.0 Å². The average molecular weight is 280 g/mol. The zero-order valence-corrected chi connectivity index (χ0v) is 12.1. The monoisotopic (exact) mass is 280 g/mol. The van der Waals surface area contributed by atoms with Crippen molar-refractivity contribution in [3.8, 4) is 0 Å². The van der Waals surface area contributed by atoms with Gasteiger partial charge in [0.05, 0.1) is 0 Å². The van der Waals surface area contributed by atoms with Crippen molar-refractivity contribution in [2.75, 3.05) is 0 Å². The number of rotatable bonds is 4.